The number of halogens is 1. The van der Waals surface area contributed by atoms with Gasteiger partial charge in [0, 0.05) is 15.7 Å². The third-order valence-corrected chi connectivity index (χ3v) is 4.58. The molecule has 20 heavy (non-hydrogen) atoms. The van der Waals surface area contributed by atoms with Crippen molar-refractivity contribution in [1.29, 1.82) is 0 Å². The van der Waals surface area contributed by atoms with Gasteiger partial charge in [-0.05, 0) is 65.6 Å². The maximum Gasteiger partial charge on any atom is 0.306 e. The molecule has 4 nitrogen and oxygen atoms in total. The van der Waals surface area contributed by atoms with Gasteiger partial charge in [-0.25, -0.2) is 0 Å². The fourth-order valence-electron chi connectivity index (χ4n) is 2.70. The van der Waals surface area contributed by atoms with Crippen LogP contribution in [0.1, 0.15) is 36.0 Å². The minimum Gasteiger partial charge on any atom is -0.481 e. The highest BCUT2D eigenvalue weighted by Gasteiger charge is 2.30. The molecule has 2 unspecified atom stereocenters. The second-order valence-corrected chi connectivity index (χ2v) is 6.45. The second-order valence-electron chi connectivity index (χ2n) is 5.21. The molecular formula is C15H18INO3. The van der Waals surface area contributed by atoms with Crippen LogP contribution in [-0.2, 0) is 4.79 Å². The summed E-state index contributed by atoms with van der Waals surface area (Å²) in [5.74, 6) is -1.14. The molecule has 0 saturated heterocycles. The smallest absolute Gasteiger partial charge is 0.306 e. The fraction of sp³-hybridized carbons (Fsp3) is 0.467. The number of carboxylic acid groups (broad SMARTS) is 1. The summed E-state index contributed by atoms with van der Waals surface area (Å²) in [6.07, 6.45) is 3.62. The number of benzene rings is 1. The van der Waals surface area contributed by atoms with E-state index in [0.717, 1.165) is 29.3 Å². The highest BCUT2D eigenvalue weighted by Crippen LogP contribution is 2.29. The lowest BCUT2D eigenvalue weighted by Crippen LogP contribution is -2.37. The van der Waals surface area contributed by atoms with E-state index in [1.807, 2.05) is 12.1 Å². The maximum absolute atomic E-state index is 12.0. The number of rotatable bonds is 4. The zero-order valence-electron chi connectivity index (χ0n) is 11.1. The van der Waals surface area contributed by atoms with Crippen molar-refractivity contribution in [2.24, 2.45) is 11.8 Å². The minimum absolute atomic E-state index is 0.0500. The Morgan fingerprint density at radius 1 is 1.20 bits per heavy atom. The lowest BCUT2D eigenvalue weighted by atomic mass is 9.79. The molecule has 2 rings (SSSR count). The van der Waals surface area contributed by atoms with Crippen LogP contribution in [0.3, 0.4) is 0 Å². The summed E-state index contributed by atoms with van der Waals surface area (Å²) in [5.41, 5.74) is 0.619. The van der Waals surface area contributed by atoms with E-state index in [4.69, 9.17) is 0 Å². The first-order valence-corrected chi connectivity index (χ1v) is 7.92. The van der Waals surface area contributed by atoms with Crippen LogP contribution in [0.2, 0.25) is 0 Å². The summed E-state index contributed by atoms with van der Waals surface area (Å²) in [6.45, 7) is 0.446. The third kappa shape index (κ3) is 3.94. The number of amides is 1. The summed E-state index contributed by atoms with van der Waals surface area (Å²) in [5, 5.41) is 12.1. The van der Waals surface area contributed by atoms with Crippen LogP contribution in [0.4, 0.5) is 0 Å². The van der Waals surface area contributed by atoms with E-state index >= 15 is 0 Å². The predicted molar refractivity (Wildman–Crippen MR) is 84.6 cm³/mol. The molecule has 0 bridgehead atoms. The van der Waals surface area contributed by atoms with Crippen LogP contribution in [0.5, 0.6) is 0 Å². The standard InChI is InChI=1S/C15H18INO3/c16-12-7-5-10(6-8-12)14(18)17-9-11-3-1-2-4-13(11)15(19)20/h5-8,11,13H,1-4,9H2,(H,17,18)(H,19,20). The van der Waals surface area contributed by atoms with Gasteiger partial charge in [-0.2, -0.15) is 0 Å². The van der Waals surface area contributed by atoms with Gasteiger partial charge in [-0.3, -0.25) is 9.59 Å². The molecule has 0 radical (unpaired) electrons. The van der Waals surface area contributed by atoms with Crippen molar-refractivity contribution in [3.05, 3.63) is 33.4 Å². The molecule has 1 fully saturated rings. The molecule has 0 heterocycles. The summed E-state index contributed by atoms with van der Waals surface area (Å²) in [6, 6.07) is 7.34. The lowest BCUT2D eigenvalue weighted by molar-refractivity contribution is -0.144. The van der Waals surface area contributed by atoms with Crippen molar-refractivity contribution in [2.75, 3.05) is 6.54 Å². The number of aliphatic carboxylic acids is 1. The van der Waals surface area contributed by atoms with Gasteiger partial charge in [0.1, 0.15) is 0 Å². The first-order chi connectivity index (χ1) is 9.58. The zero-order chi connectivity index (χ0) is 14.5. The van der Waals surface area contributed by atoms with Gasteiger partial charge in [0.2, 0.25) is 0 Å². The molecular weight excluding hydrogens is 369 g/mol. The Morgan fingerprint density at radius 3 is 2.50 bits per heavy atom. The van der Waals surface area contributed by atoms with Gasteiger partial charge in [0.05, 0.1) is 5.92 Å². The van der Waals surface area contributed by atoms with Gasteiger partial charge in [0.15, 0.2) is 0 Å². The largest absolute Gasteiger partial charge is 0.481 e. The number of carbonyl (C=O) groups is 2. The van der Waals surface area contributed by atoms with E-state index in [2.05, 4.69) is 27.9 Å². The van der Waals surface area contributed by atoms with Crippen molar-refractivity contribution >= 4 is 34.5 Å². The van der Waals surface area contributed by atoms with E-state index in [-0.39, 0.29) is 17.7 Å². The molecule has 0 aromatic heterocycles. The first-order valence-electron chi connectivity index (χ1n) is 6.84. The summed E-state index contributed by atoms with van der Waals surface area (Å²) < 4.78 is 1.08. The highest BCUT2D eigenvalue weighted by molar-refractivity contribution is 14.1. The molecule has 1 aromatic rings. The number of nitrogens with one attached hydrogen (secondary N) is 1. The summed E-state index contributed by atoms with van der Waals surface area (Å²) in [4.78, 5) is 23.2. The van der Waals surface area contributed by atoms with Gasteiger partial charge in [0.25, 0.3) is 5.91 Å². The number of hydrogen-bond acceptors (Lipinski definition) is 2. The van der Waals surface area contributed by atoms with Crippen molar-refractivity contribution in [2.45, 2.75) is 25.7 Å². The monoisotopic (exact) mass is 387 g/mol. The van der Waals surface area contributed by atoms with Crippen molar-refractivity contribution in [1.82, 2.24) is 5.32 Å². The van der Waals surface area contributed by atoms with Gasteiger partial charge < -0.3 is 10.4 Å². The first kappa shape index (κ1) is 15.3. The summed E-state index contributed by atoms with van der Waals surface area (Å²) in [7, 11) is 0. The Kier molecular flexibility index (Phi) is 5.39. The quantitative estimate of drug-likeness (QED) is 0.781. The number of hydrogen-bond donors (Lipinski definition) is 2. The fourth-order valence-corrected chi connectivity index (χ4v) is 3.06. The molecule has 108 valence electrons. The molecule has 0 aliphatic heterocycles. The Morgan fingerprint density at radius 2 is 1.85 bits per heavy atom. The molecule has 1 aliphatic rings. The summed E-state index contributed by atoms with van der Waals surface area (Å²) >= 11 is 2.19. The van der Waals surface area contributed by atoms with Crippen molar-refractivity contribution < 1.29 is 14.7 Å². The van der Waals surface area contributed by atoms with Crippen LogP contribution < -0.4 is 5.32 Å². The van der Waals surface area contributed by atoms with Crippen molar-refractivity contribution in [3.8, 4) is 0 Å². The Labute approximate surface area is 132 Å². The number of carbonyl (C=O) groups excluding carboxylic acids is 1. The van der Waals surface area contributed by atoms with E-state index in [1.165, 1.54) is 0 Å². The third-order valence-electron chi connectivity index (χ3n) is 3.86. The second kappa shape index (κ2) is 7.06. The van der Waals surface area contributed by atoms with Crippen LogP contribution in [-0.4, -0.2) is 23.5 Å². The van der Waals surface area contributed by atoms with Crippen LogP contribution in [0, 0.1) is 15.4 Å². The zero-order valence-corrected chi connectivity index (χ0v) is 13.3. The highest BCUT2D eigenvalue weighted by atomic mass is 127. The van der Waals surface area contributed by atoms with Gasteiger partial charge in [-0.1, -0.05) is 12.8 Å². The lowest BCUT2D eigenvalue weighted by Gasteiger charge is -2.28. The Balaban J connectivity index is 1.91. The van der Waals surface area contributed by atoms with E-state index in [9.17, 15) is 14.7 Å². The van der Waals surface area contributed by atoms with Crippen molar-refractivity contribution in [3.63, 3.8) is 0 Å². The normalized spacial score (nSPS) is 22.2. The molecule has 0 spiro atoms. The molecule has 5 heteroatoms. The van der Waals surface area contributed by atoms with Gasteiger partial charge >= 0.3 is 5.97 Å². The van der Waals surface area contributed by atoms with Crippen LogP contribution in [0.25, 0.3) is 0 Å². The molecule has 2 N–H and O–H groups in total. The molecule has 1 saturated carbocycles. The van der Waals surface area contributed by atoms with Gasteiger partial charge in [-0.15, -0.1) is 0 Å². The topological polar surface area (TPSA) is 66.4 Å². The average molecular weight is 387 g/mol. The minimum atomic E-state index is -0.738. The molecule has 1 aromatic carbocycles. The molecule has 1 aliphatic carbocycles. The van der Waals surface area contributed by atoms with E-state index in [0.29, 0.717) is 12.1 Å². The Hall–Kier alpha value is -1.11. The average Bonchev–Trinajstić information content (AvgIpc) is 2.45. The Bertz CT molecular complexity index is 486. The van der Waals surface area contributed by atoms with E-state index in [1.54, 1.807) is 12.1 Å². The van der Waals surface area contributed by atoms with Crippen LogP contribution in [0.15, 0.2) is 24.3 Å². The molecule has 1 amide bonds. The van der Waals surface area contributed by atoms with E-state index < -0.39 is 5.97 Å². The molecule has 2 atom stereocenters. The van der Waals surface area contributed by atoms with Crippen LogP contribution >= 0.6 is 22.6 Å². The predicted octanol–water partition coefficient (Wildman–Crippen LogP) is 2.91. The number of carboxylic acids is 1. The maximum atomic E-state index is 12.0. The SMILES string of the molecule is O=C(NCC1CCCCC1C(=O)O)c1ccc(I)cc1.